The van der Waals surface area contributed by atoms with Crippen molar-refractivity contribution in [1.82, 2.24) is 0 Å². The van der Waals surface area contributed by atoms with Crippen molar-refractivity contribution in [3.05, 3.63) is 39.9 Å². The Morgan fingerprint density at radius 1 is 1.50 bits per heavy atom. The Bertz CT molecular complexity index is 455. The van der Waals surface area contributed by atoms with Crippen molar-refractivity contribution < 1.29 is 9.53 Å². The van der Waals surface area contributed by atoms with Crippen LogP contribution in [0.2, 0.25) is 0 Å². The highest BCUT2D eigenvalue weighted by Crippen LogP contribution is 2.23. The zero-order chi connectivity index (χ0) is 13.5. The van der Waals surface area contributed by atoms with Gasteiger partial charge in [-0.3, -0.25) is 0 Å². The molecule has 0 bridgehead atoms. The van der Waals surface area contributed by atoms with Crippen LogP contribution in [0, 0.1) is 6.92 Å². The maximum absolute atomic E-state index is 11.4. The van der Waals surface area contributed by atoms with Crippen LogP contribution in [-0.4, -0.2) is 19.6 Å². The number of anilines is 1. The summed E-state index contributed by atoms with van der Waals surface area (Å²) in [6.45, 7) is 4.57. The third-order valence-corrected chi connectivity index (χ3v) is 3.28. The molecule has 0 radical (unpaired) electrons. The summed E-state index contributed by atoms with van der Waals surface area (Å²) in [6, 6.07) is 6.10. The molecule has 98 valence electrons. The molecule has 1 aromatic carbocycles. The summed E-state index contributed by atoms with van der Waals surface area (Å²) in [5.41, 5.74) is 2.90. The summed E-state index contributed by atoms with van der Waals surface area (Å²) >= 11 is 3.48. The molecule has 0 aliphatic rings. The lowest BCUT2D eigenvalue weighted by molar-refractivity contribution is -0.136. The lowest BCUT2D eigenvalue weighted by atomic mass is 10.2. The number of methoxy groups -OCH3 is 1. The molecule has 0 saturated carbocycles. The SMILES string of the molecule is CC/C(=C/CNc1cc(C)ccc1Br)C(=O)OC. The molecule has 1 aromatic rings. The van der Waals surface area contributed by atoms with Gasteiger partial charge in [-0.05, 0) is 47.0 Å². The third-order valence-electron chi connectivity index (χ3n) is 2.59. The van der Waals surface area contributed by atoms with E-state index in [9.17, 15) is 4.79 Å². The number of hydrogen-bond acceptors (Lipinski definition) is 3. The van der Waals surface area contributed by atoms with Gasteiger partial charge in [0.1, 0.15) is 0 Å². The van der Waals surface area contributed by atoms with E-state index >= 15 is 0 Å². The molecule has 0 fully saturated rings. The van der Waals surface area contributed by atoms with Gasteiger partial charge < -0.3 is 10.1 Å². The molecular weight excluding hydrogens is 294 g/mol. The van der Waals surface area contributed by atoms with E-state index in [0.29, 0.717) is 18.5 Å². The Labute approximate surface area is 116 Å². The highest BCUT2D eigenvalue weighted by molar-refractivity contribution is 9.10. The van der Waals surface area contributed by atoms with Crippen LogP contribution in [0.1, 0.15) is 18.9 Å². The second kappa shape index (κ2) is 7.21. The second-order valence-electron chi connectivity index (χ2n) is 3.94. The molecule has 3 nitrogen and oxygen atoms in total. The number of ether oxygens (including phenoxy) is 1. The van der Waals surface area contributed by atoms with Crippen LogP contribution in [-0.2, 0) is 9.53 Å². The van der Waals surface area contributed by atoms with Gasteiger partial charge in [0.25, 0.3) is 0 Å². The van der Waals surface area contributed by atoms with Crippen LogP contribution in [0.15, 0.2) is 34.3 Å². The van der Waals surface area contributed by atoms with Crippen molar-refractivity contribution >= 4 is 27.6 Å². The normalized spacial score (nSPS) is 11.2. The average Bonchev–Trinajstić information content (AvgIpc) is 2.37. The Kier molecular flexibility index (Phi) is 5.92. The van der Waals surface area contributed by atoms with Gasteiger partial charge in [-0.25, -0.2) is 4.79 Å². The third kappa shape index (κ3) is 4.18. The van der Waals surface area contributed by atoms with Gasteiger partial charge in [0, 0.05) is 22.3 Å². The van der Waals surface area contributed by atoms with Gasteiger partial charge in [0.15, 0.2) is 0 Å². The predicted molar refractivity (Wildman–Crippen MR) is 77.8 cm³/mol. The van der Waals surface area contributed by atoms with Crippen molar-refractivity contribution in [3.63, 3.8) is 0 Å². The van der Waals surface area contributed by atoms with Gasteiger partial charge in [-0.2, -0.15) is 0 Å². The fourth-order valence-corrected chi connectivity index (χ4v) is 1.95. The van der Waals surface area contributed by atoms with E-state index in [1.807, 2.05) is 32.1 Å². The maximum Gasteiger partial charge on any atom is 0.333 e. The molecule has 0 atom stereocenters. The summed E-state index contributed by atoms with van der Waals surface area (Å²) < 4.78 is 5.72. The summed E-state index contributed by atoms with van der Waals surface area (Å²) in [4.78, 5) is 11.4. The standard InChI is InChI=1S/C14H18BrNO2/c1-4-11(14(17)18-3)7-8-16-13-9-10(2)5-6-12(13)15/h5-7,9,16H,4,8H2,1-3H3/b11-7-. The van der Waals surface area contributed by atoms with E-state index in [-0.39, 0.29) is 5.97 Å². The molecule has 1 N–H and O–H groups in total. The summed E-state index contributed by atoms with van der Waals surface area (Å²) in [5.74, 6) is -0.261. The monoisotopic (exact) mass is 311 g/mol. The quantitative estimate of drug-likeness (QED) is 0.666. The minimum Gasteiger partial charge on any atom is -0.466 e. The van der Waals surface area contributed by atoms with E-state index in [1.54, 1.807) is 0 Å². The minimum absolute atomic E-state index is 0.261. The first-order valence-corrected chi connectivity index (χ1v) is 6.65. The lowest BCUT2D eigenvalue weighted by Crippen LogP contribution is -2.07. The van der Waals surface area contributed by atoms with Crippen LogP contribution in [0.5, 0.6) is 0 Å². The number of halogens is 1. The summed E-state index contributed by atoms with van der Waals surface area (Å²) in [5, 5.41) is 3.27. The van der Waals surface area contributed by atoms with E-state index in [2.05, 4.69) is 27.3 Å². The molecule has 0 spiro atoms. The summed E-state index contributed by atoms with van der Waals surface area (Å²) in [6.07, 6.45) is 2.53. The van der Waals surface area contributed by atoms with Crippen LogP contribution in [0.25, 0.3) is 0 Å². The molecule has 0 unspecified atom stereocenters. The van der Waals surface area contributed by atoms with Crippen molar-refractivity contribution in [3.8, 4) is 0 Å². The minimum atomic E-state index is -0.261. The second-order valence-corrected chi connectivity index (χ2v) is 4.79. The van der Waals surface area contributed by atoms with Gasteiger partial charge in [0.05, 0.1) is 7.11 Å². The molecule has 0 saturated heterocycles. The summed E-state index contributed by atoms with van der Waals surface area (Å²) in [7, 11) is 1.40. The van der Waals surface area contributed by atoms with Crippen LogP contribution < -0.4 is 5.32 Å². The number of carbonyl (C=O) groups is 1. The Hall–Kier alpha value is -1.29. The molecule has 18 heavy (non-hydrogen) atoms. The number of nitrogens with one attached hydrogen (secondary N) is 1. The largest absolute Gasteiger partial charge is 0.466 e. The average molecular weight is 312 g/mol. The molecule has 4 heteroatoms. The van der Waals surface area contributed by atoms with Gasteiger partial charge in [-0.1, -0.05) is 19.1 Å². The van der Waals surface area contributed by atoms with Crippen molar-refractivity contribution in [2.24, 2.45) is 0 Å². The molecular formula is C14H18BrNO2. The zero-order valence-electron chi connectivity index (χ0n) is 10.9. The molecule has 0 aliphatic carbocycles. The zero-order valence-corrected chi connectivity index (χ0v) is 12.5. The first-order chi connectivity index (χ1) is 8.58. The fourth-order valence-electron chi connectivity index (χ4n) is 1.56. The van der Waals surface area contributed by atoms with Crippen molar-refractivity contribution in [1.29, 1.82) is 0 Å². The lowest BCUT2D eigenvalue weighted by Gasteiger charge is -2.08. The number of rotatable bonds is 5. The smallest absolute Gasteiger partial charge is 0.333 e. The number of carbonyl (C=O) groups excluding carboxylic acids is 1. The maximum atomic E-state index is 11.4. The van der Waals surface area contributed by atoms with E-state index in [4.69, 9.17) is 4.74 Å². The van der Waals surface area contributed by atoms with Crippen molar-refractivity contribution in [2.45, 2.75) is 20.3 Å². The van der Waals surface area contributed by atoms with E-state index in [1.165, 1.54) is 12.7 Å². The first-order valence-electron chi connectivity index (χ1n) is 5.85. The van der Waals surface area contributed by atoms with Gasteiger partial charge in [0.2, 0.25) is 0 Å². The predicted octanol–water partition coefficient (Wildman–Crippen LogP) is 3.68. The number of benzene rings is 1. The highest BCUT2D eigenvalue weighted by atomic mass is 79.9. The Balaban J connectivity index is 2.67. The Morgan fingerprint density at radius 3 is 2.83 bits per heavy atom. The Morgan fingerprint density at radius 2 is 2.22 bits per heavy atom. The van der Waals surface area contributed by atoms with E-state index < -0.39 is 0 Å². The molecule has 0 aliphatic heterocycles. The molecule has 0 heterocycles. The van der Waals surface area contributed by atoms with Crippen LogP contribution in [0.4, 0.5) is 5.69 Å². The first kappa shape index (κ1) is 14.8. The molecule has 1 rings (SSSR count). The number of esters is 1. The van der Waals surface area contributed by atoms with Crippen LogP contribution >= 0.6 is 15.9 Å². The molecule has 0 amide bonds. The molecule has 0 aromatic heterocycles. The topological polar surface area (TPSA) is 38.3 Å². The highest BCUT2D eigenvalue weighted by Gasteiger charge is 2.06. The fraction of sp³-hybridized carbons (Fsp3) is 0.357. The van der Waals surface area contributed by atoms with Crippen molar-refractivity contribution in [2.75, 3.05) is 19.0 Å². The number of hydrogen-bond donors (Lipinski definition) is 1. The van der Waals surface area contributed by atoms with Gasteiger partial charge >= 0.3 is 5.97 Å². The van der Waals surface area contributed by atoms with Gasteiger partial charge in [-0.15, -0.1) is 0 Å². The number of aryl methyl sites for hydroxylation is 1. The van der Waals surface area contributed by atoms with E-state index in [0.717, 1.165) is 10.2 Å². The van der Waals surface area contributed by atoms with Crippen LogP contribution in [0.3, 0.4) is 0 Å².